The van der Waals surface area contributed by atoms with Crippen molar-refractivity contribution in [3.8, 4) is 5.75 Å². The molecule has 0 aliphatic carbocycles. The van der Waals surface area contributed by atoms with Crippen LogP contribution >= 0.6 is 0 Å². The molecule has 0 fully saturated rings. The van der Waals surface area contributed by atoms with Gasteiger partial charge in [-0.2, -0.15) is 0 Å². The van der Waals surface area contributed by atoms with E-state index in [2.05, 4.69) is 0 Å². The molecule has 0 spiro atoms. The number of aromatic hydroxyl groups is 1. The molecule has 11 heteroatoms. The standard InChI is InChI=1S/C6H6O7S2.2Li/c7-5-3-4(14(8,9)10)1-2-6(5)15(11,12)13;;/h1-3,7H,(H,8,9,10)(H,11,12,13);;/q;2*+1/p-2. The average Bonchev–Trinajstić information content (AvgIpc) is 1.99. The van der Waals surface area contributed by atoms with Gasteiger partial charge in [-0.1, -0.05) is 0 Å². The Bertz CT molecular complexity index is 593. The van der Waals surface area contributed by atoms with Crippen molar-refractivity contribution in [2.75, 3.05) is 0 Å². The third-order valence-corrected chi connectivity index (χ3v) is 3.20. The Kier molecular flexibility index (Phi) is 7.15. The maximum atomic E-state index is 10.5. The van der Waals surface area contributed by atoms with E-state index < -0.39 is 35.8 Å². The van der Waals surface area contributed by atoms with Gasteiger partial charge >= 0.3 is 37.7 Å². The maximum Gasteiger partial charge on any atom is 1.00 e. The van der Waals surface area contributed by atoms with E-state index in [4.69, 9.17) is 5.11 Å². The second-order valence-corrected chi connectivity index (χ2v) is 5.27. The monoisotopic (exact) mass is 266 g/mol. The van der Waals surface area contributed by atoms with Crippen LogP contribution < -0.4 is 37.7 Å². The molecule has 0 saturated carbocycles. The topological polar surface area (TPSA) is 135 Å². The smallest absolute Gasteiger partial charge is 0.744 e. The molecule has 0 unspecified atom stereocenters. The fourth-order valence-corrected chi connectivity index (χ4v) is 1.90. The number of phenols is 1. The molecule has 0 radical (unpaired) electrons. The molecule has 0 atom stereocenters. The minimum absolute atomic E-state index is 0. The number of hydrogen-bond donors (Lipinski definition) is 1. The van der Waals surface area contributed by atoms with E-state index in [9.17, 15) is 25.9 Å². The van der Waals surface area contributed by atoms with Crippen LogP contribution in [-0.4, -0.2) is 31.0 Å². The number of hydrogen-bond acceptors (Lipinski definition) is 7. The summed E-state index contributed by atoms with van der Waals surface area (Å²) in [5, 5.41) is 9.01. The number of benzene rings is 1. The molecule has 0 aliphatic heterocycles. The molecule has 84 valence electrons. The largest absolute Gasteiger partial charge is 1.00 e. The van der Waals surface area contributed by atoms with Gasteiger partial charge in [0.15, 0.2) is 0 Å². The van der Waals surface area contributed by atoms with Crippen LogP contribution in [0.25, 0.3) is 0 Å². The molecular formula is C6H4Li2O7S2. The quantitative estimate of drug-likeness (QED) is 0.415. The number of rotatable bonds is 2. The van der Waals surface area contributed by atoms with Crippen LogP contribution in [0.5, 0.6) is 5.75 Å². The Morgan fingerprint density at radius 2 is 1.41 bits per heavy atom. The number of phenolic OH excluding ortho intramolecular Hbond substituents is 1. The molecule has 1 N–H and O–H groups in total. The van der Waals surface area contributed by atoms with Gasteiger partial charge < -0.3 is 14.2 Å². The average molecular weight is 266 g/mol. The third-order valence-electron chi connectivity index (χ3n) is 1.49. The van der Waals surface area contributed by atoms with Crippen LogP contribution in [0.15, 0.2) is 28.0 Å². The van der Waals surface area contributed by atoms with Crippen LogP contribution in [0.1, 0.15) is 0 Å². The van der Waals surface area contributed by atoms with Gasteiger partial charge in [0, 0.05) is 0 Å². The molecule has 1 aromatic rings. The maximum absolute atomic E-state index is 10.5. The minimum Gasteiger partial charge on any atom is -0.744 e. The van der Waals surface area contributed by atoms with Crippen molar-refractivity contribution in [3.05, 3.63) is 18.2 Å². The van der Waals surface area contributed by atoms with Crippen molar-refractivity contribution in [2.24, 2.45) is 0 Å². The summed E-state index contributed by atoms with van der Waals surface area (Å²) in [7, 11) is -9.69. The first-order chi connectivity index (χ1) is 6.62. The van der Waals surface area contributed by atoms with Gasteiger partial charge in [0.05, 0.1) is 9.79 Å². The van der Waals surface area contributed by atoms with E-state index in [1.807, 2.05) is 0 Å². The van der Waals surface area contributed by atoms with Crippen molar-refractivity contribution in [1.82, 2.24) is 0 Å². The summed E-state index contributed by atoms with van der Waals surface area (Å²) in [5.74, 6) is -1.07. The molecule has 0 saturated heterocycles. The predicted molar refractivity (Wildman–Crippen MR) is 44.0 cm³/mol. The van der Waals surface area contributed by atoms with E-state index in [0.717, 1.165) is 0 Å². The van der Waals surface area contributed by atoms with Crippen molar-refractivity contribution in [3.63, 3.8) is 0 Å². The summed E-state index contributed by atoms with van der Waals surface area (Å²) in [5.41, 5.74) is 0. The zero-order valence-corrected chi connectivity index (χ0v) is 10.6. The van der Waals surface area contributed by atoms with Crippen LogP contribution in [-0.2, 0) is 20.2 Å². The van der Waals surface area contributed by atoms with Crippen molar-refractivity contribution in [2.45, 2.75) is 9.79 Å². The zero-order valence-electron chi connectivity index (χ0n) is 8.95. The van der Waals surface area contributed by atoms with Crippen LogP contribution in [0.3, 0.4) is 0 Å². The Hall–Kier alpha value is 0.0348. The Morgan fingerprint density at radius 1 is 0.941 bits per heavy atom. The van der Waals surface area contributed by atoms with Gasteiger partial charge in [0.1, 0.15) is 26.0 Å². The van der Waals surface area contributed by atoms with Gasteiger partial charge in [0.2, 0.25) is 0 Å². The second kappa shape index (κ2) is 6.27. The van der Waals surface area contributed by atoms with Crippen LogP contribution in [0.4, 0.5) is 0 Å². The van der Waals surface area contributed by atoms with Gasteiger partial charge in [-0.05, 0) is 18.2 Å². The summed E-state index contributed by atoms with van der Waals surface area (Å²) in [6.07, 6.45) is 0. The van der Waals surface area contributed by atoms with Crippen molar-refractivity contribution >= 4 is 20.2 Å². The Morgan fingerprint density at radius 3 is 1.71 bits per heavy atom. The summed E-state index contributed by atoms with van der Waals surface area (Å²) in [6.45, 7) is 0. The zero-order chi connectivity index (χ0) is 11.9. The second-order valence-electron chi connectivity index (χ2n) is 2.54. The van der Waals surface area contributed by atoms with Gasteiger partial charge in [-0.25, -0.2) is 16.8 Å². The fraction of sp³-hybridized carbons (Fsp3) is 0. The summed E-state index contributed by atoms with van der Waals surface area (Å²) < 4.78 is 62.8. The molecule has 0 aromatic heterocycles. The molecule has 1 rings (SSSR count). The van der Waals surface area contributed by atoms with E-state index in [1.54, 1.807) is 0 Å². The first-order valence-corrected chi connectivity index (χ1v) is 6.19. The van der Waals surface area contributed by atoms with Crippen molar-refractivity contribution in [1.29, 1.82) is 0 Å². The molecule has 0 amide bonds. The Balaban J connectivity index is 0. The molecule has 7 nitrogen and oxygen atoms in total. The van der Waals surface area contributed by atoms with Crippen LogP contribution in [0.2, 0.25) is 0 Å². The molecule has 1 aromatic carbocycles. The van der Waals surface area contributed by atoms with Gasteiger partial charge in [0.25, 0.3) is 0 Å². The SMILES string of the molecule is O=S(=O)([O-])c1ccc(S(=O)(=O)[O-])c(O)c1.[Li+].[Li+]. The van der Waals surface area contributed by atoms with E-state index in [0.29, 0.717) is 18.2 Å². The summed E-state index contributed by atoms with van der Waals surface area (Å²) in [6, 6.07) is 1.60. The molecule has 0 heterocycles. The minimum atomic E-state index is -4.89. The first-order valence-electron chi connectivity index (χ1n) is 3.37. The van der Waals surface area contributed by atoms with Crippen LogP contribution in [0, 0.1) is 0 Å². The van der Waals surface area contributed by atoms with Gasteiger partial charge in [-0.15, -0.1) is 0 Å². The van der Waals surface area contributed by atoms with E-state index in [-0.39, 0.29) is 37.7 Å². The van der Waals surface area contributed by atoms with Gasteiger partial charge in [-0.3, -0.25) is 0 Å². The Labute approximate surface area is 122 Å². The van der Waals surface area contributed by atoms with E-state index >= 15 is 0 Å². The predicted octanol–water partition coefficient (Wildman–Crippen LogP) is -6.79. The first kappa shape index (κ1) is 19.4. The van der Waals surface area contributed by atoms with Crippen molar-refractivity contribution < 1.29 is 68.8 Å². The molecule has 17 heavy (non-hydrogen) atoms. The molecule has 0 aliphatic rings. The molecule has 0 bridgehead atoms. The third kappa shape index (κ3) is 5.04. The normalized spacial score (nSPS) is 11.2. The summed E-state index contributed by atoms with van der Waals surface area (Å²) in [4.78, 5) is -1.79. The summed E-state index contributed by atoms with van der Waals surface area (Å²) >= 11 is 0. The fourth-order valence-electron chi connectivity index (χ4n) is 0.864. The molecular weight excluding hydrogens is 262 g/mol. The van der Waals surface area contributed by atoms with E-state index in [1.165, 1.54) is 0 Å².